The maximum atomic E-state index is 11.0. The lowest BCUT2D eigenvalue weighted by atomic mass is 10.4. The minimum Gasteiger partial charge on any atom is -0.466 e. The van der Waals surface area contributed by atoms with Crippen LogP contribution in [0.4, 0.5) is 0 Å². The van der Waals surface area contributed by atoms with Gasteiger partial charge in [0.25, 0.3) is 0 Å². The topological polar surface area (TPSA) is 26.3 Å². The van der Waals surface area contributed by atoms with E-state index in [1.807, 2.05) is 41.8 Å². The molecular weight excluding hydrogens is 208 g/mol. The molecule has 1 aromatic rings. The van der Waals surface area contributed by atoms with Crippen molar-refractivity contribution in [1.82, 2.24) is 0 Å². The Kier molecular flexibility index (Phi) is 5.63. The minimum absolute atomic E-state index is 0.178. The fourth-order valence-electron chi connectivity index (χ4n) is 0.990. The van der Waals surface area contributed by atoms with E-state index in [2.05, 4.69) is 0 Å². The number of esters is 1. The van der Waals surface area contributed by atoms with Crippen LogP contribution in [0.2, 0.25) is 0 Å². The molecule has 0 atom stereocenters. The van der Waals surface area contributed by atoms with Crippen molar-refractivity contribution in [3.63, 3.8) is 0 Å². The summed E-state index contributed by atoms with van der Waals surface area (Å²) in [6.07, 6.45) is 2.16. The van der Waals surface area contributed by atoms with E-state index in [9.17, 15) is 4.79 Å². The van der Waals surface area contributed by atoms with Gasteiger partial charge in [-0.1, -0.05) is 36.0 Å². The normalized spacial score (nSPS) is 10.5. The molecule has 0 aliphatic carbocycles. The van der Waals surface area contributed by atoms with Crippen LogP contribution in [0.15, 0.2) is 46.7 Å². The standard InChI is InChI=1S/C12H14O2S/c1-2-14-12(13)9-6-10-15-11-7-4-3-5-8-11/h3-8,10H,2,9H2,1H3/b10-6+. The molecule has 0 aliphatic rings. The maximum absolute atomic E-state index is 11.0. The summed E-state index contributed by atoms with van der Waals surface area (Å²) >= 11 is 1.59. The maximum Gasteiger partial charge on any atom is 0.309 e. The Morgan fingerprint density at radius 2 is 2.13 bits per heavy atom. The van der Waals surface area contributed by atoms with Gasteiger partial charge in [-0.2, -0.15) is 0 Å². The molecule has 1 aromatic carbocycles. The molecule has 1 rings (SSSR count). The highest BCUT2D eigenvalue weighted by molar-refractivity contribution is 8.02. The highest BCUT2D eigenvalue weighted by Crippen LogP contribution is 2.18. The predicted molar refractivity (Wildman–Crippen MR) is 62.7 cm³/mol. The molecule has 0 heterocycles. The number of rotatable bonds is 5. The van der Waals surface area contributed by atoms with Crippen LogP contribution < -0.4 is 0 Å². The van der Waals surface area contributed by atoms with Crippen LogP contribution in [-0.2, 0) is 9.53 Å². The first-order valence-corrected chi connectivity index (χ1v) is 5.73. The van der Waals surface area contributed by atoms with Gasteiger partial charge in [0, 0.05) is 4.90 Å². The molecule has 15 heavy (non-hydrogen) atoms. The summed E-state index contributed by atoms with van der Waals surface area (Å²) in [7, 11) is 0. The van der Waals surface area contributed by atoms with Crippen molar-refractivity contribution in [2.45, 2.75) is 18.2 Å². The average molecular weight is 222 g/mol. The van der Waals surface area contributed by atoms with Gasteiger partial charge in [-0.3, -0.25) is 4.79 Å². The van der Waals surface area contributed by atoms with Gasteiger partial charge in [0.05, 0.1) is 13.0 Å². The molecule has 0 bridgehead atoms. The van der Waals surface area contributed by atoms with Crippen LogP contribution >= 0.6 is 11.8 Å². The molecule has 0 fully saturated rings. The Hall–Kier alpha value is -1.22. The van der Waals surface area contributed by atoms with Gasteiger partial charge in [0.2, 0.25) is 0 Å². The van der Waals surface area contributed by atoms with Crippen LogP contribution in [0.25, 0.3) is 0 Å². The number of hydrogen-bond donors (Lipinski definition) is 0. The third kappa shape index (κ3) is 5.27. The van der Waals surface area contributed by atoms with Gasteiger partial charge in [-0.25, -0.2) is 0 Å². The van der Waals surface area contributed by atoms with E-state index < -0.39 is 0 Å². The molecule has 0 aliphatic heterocycles. The van der Waals surface area contributed by atoms with E-state index >= 15 is 0 Å². The molecule has 3 heteroatoms. The summed E-state index contributed by atoms with van der Waals surface area (Å²) in [6.45, 7) is 2.25. The quantitative estimate of drug-likeness (QED) is 0.565. The summed E-state index contributed by atoms with van der Waals surface area (Å²) in [5, 5.41) is 1.91. The first kappa shape index (κ1) is 11.9. The van der Waals surface area contributed by atoms with Crippen LogP contribution in [0, 0.1) is 0 Å². The zero-order valence-electron chi connectivity index (χ0n) is 8.68. The Morgan fingerprint density at radius 1 is 1.40 bits per heavy atom. The Labute approximate surface area is 94.3 Å². The second-order valence-corrected chi connectivity index (χ2v) is 3.79. The lowest BCUT2D eigenvalue weighted by molar-refractivity contribution is -0.142. The third-order valence-corrected chi connectivity index (χ3v) is 2.51. The van der Waals surface area contributed by atoms with E-state index in [0.29, 0.717) is 13.0 Å². The van der Waals surface area contributed by atoms with E-state index in [1.165, 1.54) is 0 Å². The summed E-state index contributed by atoms with van der Waals surface area (Å²) in [4.78, 5) is 12.1. The predicted octanol–water partition coefficient (Wildman–Crippen LogP) is 3.25. The lowest BCUT2D eigenvalue weighted by Gasteiger charge is -1.96. The Balaban J connectivity index is 2.26. The van der Waals surface area contributed by atoms with Gasteiger partial charge < -0.3 is 4.74 Å². The second kappa shape index (κ2) is 7.12. The molecule has 80 valence electrons. The van der Waals surface area contributed by atoms with Crippen molar-refractivity contribution in [2.24, 2.45) is 0 Å². The summed E-state index contributed by atoms with van der Waals surface area (Å²) in [6, 6.07) is 10.0. The minimum atomic E-state index is -0.178. The Bertz CT molecular complexity index is 320. The van der Waals surface area contributed by atoms with Gasteiger partial charge in [0.1, 0.15) is 0 Å². The van der Waals surface area contributed by atoms with Crippen LogP contribution in [-0.4, -0.2) is 12.6 Å². The molecule has 0 N–H and O–H groups in total. The van der Waals surface area contributed by atoms with E-state index in [1.54, 1.807) is 18.7 Å². The number of thioether (sulfide) groups is 1. The summed E-state index contributed by atoms with van der Waals surface area (Å²) in [5.74, 6) is -0.178. The first-order chi connectivity index (χ1) is 7.33. The van der Waals surface area contributed by atoms with Crippen LogP contribution in [0.5, 0.6) is 0 Å². The summed E-state index contributed by atoms with van der Waals surface area (Å²) < 4.78 is 4.79. The molecule has 0 saturated carbocycles. The van der Waals surface area contributed by atoms with Crippen molar-refractivity contribution in [3.05, 3.63) is 41.8 Å². The van der Waals surface area contributed by atoms with E-state index in [-0.39, 0.29) is 5.97 Å². The van der Waals surface area contributed by atoms with Gasteiger partial charge >= 0.3 is 5.97 Å². The second-order valence-electron chi connectivity index (χ2n) is 2.81. The molecule has 0 spiro atoms. The van der Waals surface area contributed by atoms with E-state index in [0.717, 1.165) is 4.90 Å². The van der Waals surface area contributed by atoms with Crippen molar-refractivity contribution in [1.29, 1.82) is 0 Å². The fourth-order valence-corrected chi connectivity index (χ4v) is 1.65. The number of ether oxygens (including phenoxy) is 1. The Morgan fingerprint density at radius 3 is 2.80 bits per heavy atom. The van der Waals surface area contributed by atoms with Gasteiger partial charge in [0.15, 0.2) is 0 Å². The largest absolute Gasteiger partial charge is 0.466 e. The van der Waals surface area contributed by atoms with Crippen molar-refractivity contribution in [2.75, 3.05) is 6.61 Å². The number of carbonyl (C=O) groups excluding carboxylic acids is 1. The molecular formula is C12H14O2S. The highest BCUT2D eigenvalue weighted by atomic mass is 32.2. The fraction of sp³-hybridized carbons (Fsp3) is 0.250. The number of carbonyl (C=O) groups is 1. The van der Waals surface area contributed by atoms with Crippen molar-refractivity contribution >= 4 is 17.7 Å². The van der Waals surface area contributed by atoms with E-state index in [4.69, 9.17) is 4.74 Å². The van der Waals surface area contributed by atoms with Crippen molar-refractivity contribution < 1.29 is 9.53 Å². The lowest BCUT2D eigenvalue weighted by Crippen LogP contribution is -2.01. The van der Waals surface area contributed by atoms with Crippen LogP contribution in [0.1, 0.15) is 13.3 Å². The van der Waals surface area contributed by atoms with Gasteiger partial charge in [-0.15, -0.1) is 0 Å². The monoisotopic (exact) mass is 222 g/mol. The number of hydrogen-bond acceptors (Lipinski definition) is 3. The molecule has 2 nitrogen and oxygen atoms in total. The number of benzene rings is 1. The molecule has 0 amide bonds. The zero-order valence-corrected chi connectivity index (χ0v) is 9.50. The molecule has 0 radical (unpaired) electrons. The van der Waals surface area contributed by atoms with Crippen LogP contribution in [0.3, 0.4) is 0 Å². The summed E-state index contributed by atoms with van der Waals surface area (Å²) in [5.41, 5.74) is 0. The smallest absolute Gasteiger partial charge is 0.309 e. The first-order valence-electron chi connectivity index (χ1n) is 4.85. The average Bonchev–Trinajstić information content (AvgIpc) is 2.26. The SMILES string of the molecule is CCOC(=O)C/C=C/Sc1ccccc1. The highest BCUT2D eigenvalue weighted by Gasteiger charge is 1.95. The van der Waals surface area contributed by atoms with Crippen molar-refractivity contribution in [3.8, 4) is 0 Å². The van der Waals surface area contributed by atoms with Gasteiger partial charge in [-0.05, 0) is 24.5 Å². The zero-order chi connectivity index (χ0) is 10.9. The third-order valence-electron chi connectivity index (χ3n) is 1.63. The molecule has 0 aromatic heterocycles. The molecule has 0 saturated heterocycles. The molecule has 0 unspecified atom stereocenters.